The minimum Gasteiger partial charge on any atom is -0.360 e. The number of alkyl halides is 4. The van der Waals surface area contributed by atoms with Gasteiger partial charge < -0.3 is 4.52 Å². The standard InChI is InChI=1S/C10H6BrF3N2O/c11-5-7-4-9(16-17-7)8-3-6(1-2-15-8)10(12,13)14/h1-4H,5H2. The molecule has 0 atom stereocenters. The van der Waals surface area contributed by atoms with Crippen molar-refractivity contribution >= 4 is 15.9 Å². The summed E-state index contributed by atoms with van der Waals surface area (Å²) in [7, 11) is 0. The Kier molecular flexibility index (Phi) is 3.19. The van der Waals surface area contributed by atoms with E-state index in [2.05, 4.69) is 26.1 Å². The van der Waals surface area contributed by atoms with Gasteiger partial charge in [0, 0.05) is 12.3 Å². The molecule has 17 heavy (non-hydrogen) atoms. The van der Waals surface area contributed by atoms with Crippen molar-refractivity contribution in [2.24, 2.45) is 0 Å². The SMILES string of the molecule is FC(F)(F)c1ccnc(-c2cc(CBr)on2)c1. The third-order valence-corrected chi connectivity index (χ3v) is 2.59. The topological polar surface area (TPSA) is 38.9 Å². The number of pyridine rings is 1. The van der Waals surface area contributed by atoms with Crippen LogP contribution in [0.5, 0.6) is 0 Å². The first kappa shape index (κ1) is 12.1. The van der Waals surface area contributed by atoms with E-state index in [1.54, 1.807) is 0 Å². The molecule has 2 heterocycles. The van der Waals surface area contributed by atoms with Crippen molar-refractivity contribution in [1.82, 2.24) is 10.1 Å². The highest BCUT2D eigenvalue weighted by atomic mass is 79.9. The normalized spacial score (nSPS) is 11.8. The van der Waals surface area contributed by atoms with E-state index < -0.39 is 11.7 Å². The van der Waals surface area contributed by atoms with Crippen molar-refractivity contribution in [2.45, 2.75) is 11.5 Å². The highest BCUT2D eigenvalue weighted by molar-refractivity contribution is 9.08. The van der Waals surface area contributed by atoms with E-state index in [-0.39, 0.29) is 11.4 Å². The zero-order valence-electron chi connectivity index (χ0n) is 8.33. The van der Waals surface area contributed by atoms with Gasteiger partial charge in [-0.1, -0.05) is 21.1 Å². The lowest BCUT2D eigenvalue weighted by atomic mass is 10.2. The number of hydrogen-bond donors (Lipinski definition) is 0. The van der Waals surface area contributed by atoms with Gasteiger partial charge in [0.25, 0.3) is 0 Å². The Balaban J connectivity index is 2.39. The number of rotatable bonds is 2. The minimum atomic E-state index is -4.39. The van der Waals surface area contributed by atoms with Crippen molar-refractivity contribution in [2.75, 3.05) is 0 Å². The quantitative estimate of drug-likeness (QED) is 0.795. The predicted molar refractivity (Wildman–Crippen MR) is 57.4 cm³/mol. The first-order valence-electron chi connectivity index (χ1n) is 4.56. The molecular formula is C10H6BrF3N2O. The maximum Gasteiger partial charge on any atom is 0.416 e. The minimum absolute atomic E-state index is 0.135. The van der Waals surface area contributed by atoms with Gasteiger partial charge in [-0.05, 0) is 12.1 Å². The summed E-state index contributed by atoms with van der Waals surface area (Å²) < 4.78 is 42.3. The Bertz CT molecular complexity index is 524. The molecule has 0 amide bonds. The molecule has 0 aromatic carbocycles. The van der Waals surface area contributed by atoms with Crippen molar-refractivity contribution in [1.29, 1.82) is 0 Å². The van der Waals surface area contributed by atoms with Crippen molar-refractivity contribution < 1.29 is 17.7 Å². The van der Waals surface area contributed by atoms with Gasteiger partial charge in [-0.2, -0.15) is 13.2 Å². The van der Waals surface area contributed by atoms with Crippen molar-refractivity contribution in [3.05, 3.63) is 35.7 Å². The second-order valence-corrected chi connectivity index (χ2v) is 3.80. The molecule has 0 fully saturated rings. The Morgan fingerprint density at radius 1 is 1.24 bits per heavy atom. The van der Waals surface area contributed by atoms with Crippen LogP contribution in [0.3, 0.4) is 0 Å². The van der Waals surface area contributed by atoms with E-state index in [0.29, 0.717) is 11.1 Å². The van der Waals surface area contributed by atoms with Gasteiger partial charge in [0.2, 0.25) is 0 Å². The highest BCUT2D eigenvalue weighted by Crippen LogP contribution is 2.31. The van der Waals surface area contributed by atoms with Gasteiger partial charge in [0.05, 0.1) is 16.6 Å². The number of nitrogens with zero attached hydrogens (tertiary/aromatic N) is 2. The smallest absolute Gasteiger partial charge is 0.360 e. The Labute approximate surface area is 103 Å². The summed E-state index contributed by atoms with van der Waals surface area (Å²) in [5.41, 5.74) is -0.341. The number of halogens is 4. The monoisotopic (exact) mass is 306 g/mol. The second kappa shape index (κ2) is 4.48. The second-order valence-electron chi connectivity index (χ2n) is 3.24. The van der Waals surface area contributed by atoms with E-state index in [1.807, 2.05) is 0 Å². The van der Waals surface area contributed by atoms with Gasteiger partial charge in [0.15, 0.2) is 0 Å². The van der Waals surface area contributed by atoms with Crippen LogP contribution < -0.4 is 0 Å². The van der Waals surface area contributed by atoms with E-state index in [4.69, 9.17) is 4.52 Å². The number of hydrogen-bond acceptors (Lipinski definition) is 3. The molecule has 7 heteroatoms. The van der Waals surface area contributed by atoms with Gasteiger partial charge in [-0.3, -0.25) is 4.98 Å². The molecule has 0 N–H and O–H groups in total. The Morgan fingerprint density at radius 3 is 2.59 bits per heavy atom. The molecule has 0 aliphatic heterocycles. The molecule has 90 valence electrons. The summed E-state index contributed by atoms with van der Waals surface area (Å²) in [6.07, 6.45) is -3.29. The lowest BCUT2D eigenvalue weighted by Gasteiger charge is -2.06. The first-order valence-corrected chi connectivity index (χ1v) is 5.68. The third-order valence-electron chi connectivity index (χ3n) is 2.04. The lowest BCUT2D eigenvalue weighted by molar-refractivity contribution is -0.137. The van der Waals surface area contributed by atoms with Gasteiger partial charge in [0.1, 0.15) is 11.5 Å². The first-order chi connectivity index (χ1) is 8.00. The molecule has 0 aliphatic carbocycles. The molecule has 0 aliphatic rings. The average molecular weight is 307 g/mol. The number of aromatic nitrogens is 2. The molecule has 0 spiro atoms. The fourth-order valence-electron chi connectivity index (χ4n) is 1.24. The van der Waals surface area contributed by atoms with E-state index >= 15 is 0 Å². The summed E-state index contributed by atoms with van der Waals surface area (Å²) in [6, 6.07) is 3.39. The van der Waals surface area contributed by atoms with Gasteiger partial charge in [-0.15, -0.1) is 0 Å². The van der Waals surface area contributed by atoms with Crippen LogP contribution >= 0.6 is 15.9 Å². The zero-order chi connectivity index (χ0) is 12.5. The van der Waals surface area contributed by atoms with Crippen LogP contribution in [0.4, 0.5) is 13.2 Å². The maximum atomic E-state index is 12.5. The molecule has 2 aromatic heterocycles. The summed E-state index contributed by atoms with van der Waals surface area (Å²) >= 11 is 3.16. The summed E-state index contributed by atoms with van der Waals surface area (Å²) in [6.45, 7) is 0. The fraction of sp³-hybridized carbons (Fsp3) is 0.200. The van der Waals surface area contributed by atoms with Crippen LogP contribution in [-0.4, -0.2) is 10.1 Å². The molecule has 0 saturated heterocycles. The third kappa shape index (κ3) is 2.66. The fourth-order valence-corrected chi connectivity index (χ4v) is 1.51. The van der Waals surface area contributed by atoms with Gasteiger partial charge in [-0.25, -0.2) is 0 Å². The molecule has 2 rings (SSSR count). The molecule has 3 nitrogen and oxygen atoms in total. The van der Waals surface area contributed by atoms with Gasteiger partial charge >= 0.3 is 6.18 Å². The van der Waals surface area contributed by atoms with Crippen LogP contribution in [0.1, 0.15) is 11.3 Å². The molecule has 0 radical (unpaired) electrons. The summed E-state index contributed by atoms with van der Waals surface area (Å²) in [5.74, 6) is 0.527. The van der Waals surface area contributed by atoms with Crippen LogP contribution in [0.15, 0.2) is 28.9 Å². The molecule has 0 bridgehead atoms. The predicted octanol–water partition coefficient (Wildman–Crippen LogP) is 3.65. The molecule has 0 saturated carbocycles. The Hall–Kier alpha value is -1.37. The molecular weight excluding hydrogens is 301 g/mol. The summed E-state index contributed by atoms with van der Waals surface area (Å²) in [4.78, 5) is 3.83. The van der Waals surface area contributed by atoms with E-state index in [1.165, 1.54) is 6.07 Å². The van der Waals surface area contributed by atoms with Crippen LogP contribution in [0.25, 0.3) is 11.4 Å². The molecule has 0 unspecified atom stereocenters. The van der Waals surface area contributed by atoms with Crippen molar-refractivity contribution in [3.8, 4) is 11.4 Å². The highest BCUT2D eigenvalue weighted by Gasteiger charge is 2.31. The van der Waals surface area contributed by atoms with Crippen LogP contribution in [0.2, 0.25) is 0 Å². The molecule has 2 aromatic rings. The van der Waals surface area contributed by atoms with Crippen molar-refractivity contribution in [3.63, 3.8) is 0 Å². The van der Waals surface area contributed by atoms with E-state index in [0.717, 1.165) is 18.3 Å². The van der Waals surface area contributed by atoms with Crippen LogP contribution in [-0.2, 0) is 11.5 Å². The Morgan fingerprint density at radius 2 is 2.00 bits per heavy atom. The van der Waals surface area contributed by atoms with Crippen LogP contribution in [0, 0.1) is 0 Å². The maximum absolute atomic E-state index is 12.5. The summed E-state index contributed by atoms with van der Waals surface area (Å²) in [5, 5.41) is 4.09. The zero-order valence-corrected chi connectivity index (χ0v) is 9.92. The largest absolute Gasteiger partial charge is 0.416 e. The van der Waals surface area contributed by atoms with E-state index in [9.17, 15) is 13.2 Å². The average Bonchev–Trinajstić information content (AvgIpc) is 2.76. The lowest BCUT2D eigenvalue weighted by Crippen LogP contribution is -2.05.